The Labute approximate surface area is 161 Å². The Kier molecular flexibility index (Phi) is 4.20. The number of pyridine rings is 1. The Bertz CT molecular complexity index is 1120. The summed E-state index contributed by atoms with van der Waals surface area (Å²) in [5, 5.41) is 3.21. The van der Waals surface area contributed by atoms with Crippen LogP contribution in [-0.4, -0.2) is 31.0 Å². The van der Waals surface area contributed by atoms with Crippen LogP contribution in [0, 0.1) is 5.82 Å². The van der Waals surface area contributed by atoms with E-state index >= 15 is 0 Å². The minimum atomic E-state index is -0.186. The van der Waals surface area contributed by atoms with E-state index in [0.29, 0.717) is 30.5 Å². The largest absolute Gasteiger partial charge is 0.354 e. The lowest BCUT2D eigenvalue weighted by Crippen LogP contribution is -2.09. The Morgan fingerprint density at radius 1 is 1.07 bits per heavy atom. The van der Waals surface area contributed by atoms with Crippen LogP contribution in [0.15, 0.2) is 55.0 Å². The van der Waals surface area contributed by atoms with Crippen LogP contribution in [0.1, 0.15) is 24.4 Å². The van der Waals surface area contributed by atoms with E-state index in [9.17, 15) is 4.39 Å². The number of fused-ring (bicyclic) bond motifs is 1. The lowest BCUT2D eigenvalue weighted by molar-refractivity contribution is 0.610. The highest BCUT2D eigenvalue weighted by atomic mass is 19.1. The third kappa shape index (κ3) is 3.19. The van der Waals surface area contributed by atoms with Crippen molar-refractivity contribution < 1.29 is 4.39 Å². The predicted octanol–water partition coefficient (Wildman–Crippen LogP) is 4.02. The van der Waals surface area contributed by atoms with Crippen LogP contribution >= 0.6 is 0 Å². The van der Waals surface area contributed by atoms with Crippen LogP contribution in [0.4, 0.5) is 10.3 Å². The van der Waals surface area contributed by atoms with Gasteiger partial charge in [-0.2, -0.15) is 4.98 Å². The molecule has 3 heterocycles. The SMILES string of the molecule is Fc1ccccc1CCNc1ncc2nc(-c3ccncc3)n(C3CC3)c2n1. The van der Waals surface area contributed by atoms with E-state index in [0.717, 1.165) is 35.4 Å². The summed E-state index contributed by atoms with van der Waals surface area (Å²) in [6.07, 6.45) is 8.11. The molecule has 0 aliphatic heterocycles. The van der Waals surface area contributed by atoms with Crippen LogP contribution in [0.5, 0.6) is 0 Å². The molecule has 1 fully saturated rings. The smallest absolute Gasteiger partial charge is 0.224 e. The summed E-state index contributed by atoms with van der Waals surface area (Å²) in [7, 11) is 0. The monoisotopic (exact) mass is 374 g/mol. The quantitative estimate of drug-likeness (QED) is 0.552. The number of hydrogen-bond donors (Lipinski definition) is 1. The molecule has 0 saturated heterocycles. The molecule has 6 nitrogen and oxygen atoms in total. The maximum Gasteiger partial charge on any atom is 0.224 e. The van der Waals surface area contributed by atoms with Crippen molar-refractivity contribution in [3.05, 3.63) is 66.4 Å². The highest BCUT2D eigenvalue weighted by Gasteiger charge is 2.29. The molecule has 7 heteroatoms. The number of rotatable bonds is 6. The standard InChI is InChI=1S/C21H19FN6/c22-17-4-2-1-3-14(17)9-12-24-21-25-13-18-20(27-21)28(16-5-6-16)19(26-18)15-7-10-23-11-8-15/h1-4,7-8,10-11,13,16H,5-6,9,12H2,(H,24,25,27). The number of nitrogens with zero attached hydrogens (tertiary/aromatic N) is 5. The molecule has 0 spiro atoms. The van der Waals surface area contributed by atoms with Gasteiger partial charge in [0.2, 0.25) is 5.95 Å². The van der Waals surface area contributed by atoms with Crippen LogP contribution in [0.3, 0.4) is 0 Å². The lowest BCUT2D eigenvalue weighted by Gasteiger charge is -2.08. The third-order valence-electron chi connectivity index (χ3n) is 4.92. The minimum Gasteiger partial charge on any atom is -0.354 e. The molecule has 3 aromatic heterocycles. The first-order valence-corrected chi connectivity index (χ1v) is 9.42. The van der Waals surface area contributed by atoms with Crippen molar-refractivity contribution >= 4 is 17.1 Å². The van der Waals surface area contributed by atoms with Crippen molar-refractivity contribution in [2.75, 3.05) is 11.9 Å². The zero-order chi connectivity index (χ0) is 18.9. The third-order valence-corrected chi connectivity index (χ3v) is 4.92. The maximum atomic E-state index is 13.8. The van der Waals surface area contributed by atoms with Gasteiger partial charge in [0.05, 0.1) is 6.20 Å². The van der Waals surface area contributed by atoms with Crippen LogP contribution < -0.4 is 5.32 Å². The Morgan fingerprint density at radius 3 is 2.68 bits per heavy atom. The van der Waals surface area contributed by atoms with Crippen molar-refractivity contribution in [3.8, 4) is 11.4 Å². The molecule has 140 valence electrons. The van der Waals surface area contributed by atoms with Crippen molar-refractivity contribution in [1.82, 2.24) is 24.5 Å². The Balaban J connectivity index is 1.42. The minimum absolute atomic E-state index is 0.186. The van der Waals surface area contributed by atoms with Gasteiger partial charge in [-0.3, -0.25) is 4.98 Å². The molecule has 0 bridgehead atoms. The van der Waals surface area contributed by atoms with E-state index in [-0.39, 0.29) is 5.82 Å². The number of imidazole rings is 1. The van der Waals surface area contributed by atoms with Gasteiger partial charge in [0.25, 0.3) is 0 Å². The van der Waals surface area contributed by atoms with E-state index in [4.69, 9.17) is 9.97 Å². The van der Waals surface area contributed by atoms with Crippen LogP contribution in [0.25, 0.3) is 22.6 Å². The summed E-state index contributed by atoms with van der Waals surface area (Å²) >= 11 is 0. The second kappa shape index (κ2) is 6.99. The molecular weight excluding hydrogens is 355 g/mol. The first-order chi connectivity index (χ1) is 13.8. The maximum absolute atomic E-state index is 13.8. The number of aromatic nitrogens is 5. The zero-order valence-electron chi connectivity index (χ0n) is 15.2. The number of benzene rings is 1. The molecule has 0 amide bonds. The molecule has 4 aromatic rings. The summed E-state index contributed by atoms with van der Waals surface area (Å²) in [5.41, 5.74) is 3.31. The van der Waals surface area contributed by atoms with Gasteiger partial charge in [0, 0.05) is 30.5 Å². The van der Waals surface area contributed by atoms with Crippen LogP contribution in [-0.2, 0) is 6.42 Å². The van der Waals surface area contributed by atoms with Gasteiger partial charge in [0.15, 0.2) is 5.65 Å². The molecule has 1 aromatic carbocycles. The zero-order valence-corrected chi connectivity index (χ0v) is 15.2. The fourth-order valence-electron chi connectivity index (χ4n) is 3.37. The van der Waals surface area contributed by atoms with Crippen molar-refractivity contribution in [3.63, 3.8) is 0 Å². The van der Waals surface area contributed by atoms with E-state index < -0.39 is 0 Å². The Morgan fingerprint density at radius 2 is 1.89 bits per heavy atom. The van der Waals surface area contributed by atoms with Gasteiger partial charge >= 0.3 is 0 Å². The lowest BCUT2D eigenvalue weighted by atomic mass is 10.1. The second-order valence-corrected chi connectivity index (χ2v) is 6.94. The molecule has 0 radical (unpaired) electrons. The van der Waals surface area contributed by atoms with Crippen molar-refractivity contribution in [2.24, 2.45) is 0 Å². The second-order valence-electron chi connectivity index (χ2n) is 6.94. The van der Waals surface area contributed by atoms with Gasteiger partial charge < -0.3 is 9.88 Å². The van der Waals surface area contributed by atoms with Crippen molar-refractivity contribution in [1.29, 1.82) is 0 Å². The van der Waals surface area contributed by atoms with Gasteiger partial charge in [-0.05, 0) is 43.0 Å². The fraction of sp³-hybridized carbons (Fsp3) is 0.238. The molecule has 28 heavy (non-hydrogen) atoms. The average Bonchev–Trinajstić information content (AvgIpc) is 3.50. The summed E-state index contributed by atoms with van der Waals surface area (Å²) in [4.78, 5) is 17.9. The number of halogens is 1. The molecule has 0 unspecified atom stereocenters. The summed E-state index contributed by atoms with van der Waals surface area (Å²) in [6.45, 7) is 0.557. The molecule has 1 aliphatic rings. The normalized spacial score (nSPS) is 13.8. The van der Waals surface area contributed by atoms with E-state index in [1.807, 2.05) is 18.2 Å². The first kappa shape index (κ1) is 16.8. The average molecular weight is 374 g/mol. The highest BCUT2D eigenvalue weighted by Crippen LogP contribution is 2.40. The van der Waals surface area contributed by atoms with Crippen molar-refractivity contribution in [2.45, 2.75) is 25.3 Å². The van der Waals surface area contributed by atoms with Gasteiger partial charge in [-0.25, -0.2) is 14.4 Å². The highest BCUT2D eigenvalue weighted by molar-refractivity contribution is 5.77. The fourth-order valence-corrected chi connectivity index (χ4v) is 3.37. The van der Waals surface area contributed by atoms with Gasteiger partial charge in [0.1, 0.15) is 17.2 Å². The molecule has 1 saturated carbocycles. The predicted molar refractivity (Wildman–Crippen MR) is 105 cm³/mol. The van der Waals surface area contributed by atoms with E-state index in [1.165, 1.54) is 6.07 Å². The molecule has 0 atom stereocenters. The van der Waals surface area contributed by atoms with E-state index in [2.05, 4.69) is 19.9 Å². The summed E-state index contributed by atoms with van der Waals surface area (Å²) in [5.74, 6) is 1.25. The number of nitrogens with one attached hydrogen (secondary N) is 1. The van der Waals surface area contributed by atoms with Gasteiger partial charge in [-0.1, -0.05) is 18.2 Å². The summed E-state index contributed by atoms with van der Waals surface area (Å²) < 4.78 is 16.0. The number of anilines is 1. The Hall–Kier alpha value is -3.35. The molecular formula is C21H19FN6. The summed E-state index contributed by atoms with van der Waals surface area (Å²) in [6, 6.07) is 11.2. The molecule has 1 N–H and O–H groups in total. The van der Waals surface area contributed by atoms with E-state index in [1.54, 1.807) is 30.7 Å². The van der Waals surface area contributed by atoms with Gasteiger partial charge in [-0.15, -0.1) is 0 Å². The number of hydrogen-bond acceptors (Lipinski definition) is 5. The first-order valence-electron chi connectivity index (χ1n) is 9.42. The van der Waals surface area contributed by atoms with Crippen LogP contribution in [0.2, 0.25) is 0 Å². The molecule has 5 rings (SSSR count). The molecule has 1 aliphatic carbocycles. The topological polar surface area (TPSA) is 68.5 Å².